The van der Waals surface area contributed by atoms with Gasteiger partial charge >= 0.3 is 0 Å². The van der Waals surface area contributed by atoms with Gasteiger partial charge in [0.25, 0.3) is 5.69 Å². The van der Waals surface area contributed by atoms with Gasteiger partial charge in [-0.15, -0.1) is 0 Å². The van der Waals surface area contributed by atoms with E-state index < -0.39 is 4.92 Å². The molecular formula is C15H13BrN2O3. The van der Waals surface area contributed by atoms with E-state index >= 15 is 0 Å². The van der Waals surface area contributed by atoms with Crippen molar-refractivity contribution in [2.45, 2.75) is 6.54 Å². The Morgan fingerprint density at radius 3 is 2.48 bits per heavy atom. The number of halogens is 1. The fourth-order valence-corrected chi connectivity index (χ4v) is 2.31. The first kappa shape index (κ1) is 15.2. The van der Waals surface area contributed by atoms with Crippen LogP contribution < -0.4 is 4.90 Å². The lowest BCUT2D eigenvalue weighted by atomic mass is 10.1. The van der Waals surface area contributed by atoms with Crippen molar-refractivity contribution in [3.05, 3.63) is 68.2 Å². The maximum absolute atomic E-state index is 11.1. The summed E-state index contributed by atoms with van der Waals surface area (Å²) in [6, 6.07) is 12.1. The standard InChI is InChI=1S/C15H13BrN2O3/c1-17(9-11-2-4-13(16)5-3-11)15-7-6-14(18(20)21)8-12(15)10-19/h2-8,10H,9H2,1H3. The molecule has 0 atom stereocenters. The molecule has 0 spiro atoms. The number of nitro groups is 1. The molecule has 108 valence electrons. The minimum Gasteiger partial charge on any atom is -0.370 e. The van der Waals surface area contributed by atoms with Crippen LogP contribution in [0.4, 0.5) is 11.4 Å². The Balaban J connectivity index is 2.26. The second-order valence-corrected chi connectivity index (χ2v) is 5.52. The van der Waals surface area contributed by atoms with E-state index in [0.717, 1.165) is 10.0 Å². The molecule has 0 unspecified atom stereocenters. The van der Waals surface area contributed by atoms with E-state index in [1.54, 1.807) is 6.07 Å². The van der Waals surface area contributed by atoms with Crippen molar-refractivity contribution < 1.29 is 9.72 Å². The van der Waals surface area contributed by atoms with Crippen LogP contribution >= 0.6 is 15.9 Å². The Morgan fingerprint density at radius 2 is 1.90 bits per heavy atom. The van der Waals surface area contributed by atoms with E-state index in [1.165, 1.54) is 12.1 Å². The molecule has 2 aromatic rings. The van der Waals surface area contributed by atoms with Crippen LogP contribution in [0.1, 0.15) is 15.9 Å². The quantitative estimate of drug-likeness (QED) is 0.468. The Labute approximate surface area is 130 Å². The predicted molar refractivity (Wildman–Crippen MR) is 84.7 cm³/mol. The number of anilines is 1. The third kappa shape index (κ3) is 3.66. The number of carbonyl (C=O) groups is 1. The molecule has 2 aromatic carbocycles. The van der Waals surface area contributed by atoms with E-state index in [-0.39, 0.29) is 5.69 Å². The number of aldehydes is 1. The van der Waals surface area contributed by atoms with Gasteiger partial charge in [0, 0.05) is 41.4 Å². The van der Waals surface area contributed by atoms with Crippen molar-refractivity contribution >= 4 is 33.6 Å². The van der Waals surface area contributed by atoms with Crippen molar-refractivity contribution in [2.24, 2.45) is 0 Å². The van der Waals surface area contributed by atoms with Gasteiger partial charge in [0.05, 0.1) is 4.92 Å². The maximum atomic E-state index is 11.1. The number of rotatable bonds is 5. The van der Waals surface area contributed by atoms with E-state index in [2.05, 4.69) is 15.9 Å². The van der Waals surface area contributed by atoms with Gasteiger partial charge in [0.1, 0.15) is 0 Å². The fourth-order valence-electron chi connectivity index (χ4n) is 2.05. The zero-order valence-electron chi connectivity index (χ0n) is 11.3. The fraction of sp³-hybridized carbons (Fsp3) is 0.133. The topological polar surface area (TPSA) is 63.4 Å². The number of benzene rings is 2. The van der Waals surface area contributed by atoms with Crippen molar-refractivity contribution in [1.82, 2.24) is 0 Å². The first-order valence-corrected chi connectivity index (χ1v) is 7.00. The first-order chi connectivity index (χ1) is 10.0. The average molecular weight is 349 g/mol. The van der Waals surface area contributed by atoms with Crippen molar-refractivity contribution in [1.29, 1.82) is 0 Å². The molecule has 0 saturated carbocycles. The van der Waals surface area contributed by atoms with Gasteiger partial charge in [-0.2, -0.15) is 0 Å². The minimum atomic E-state index is -0.508. The Bertz CT molecular complexity index is 671. The number of nitro benzene ring substituents is 1. The molecular weight excluding hydrogens is 336 g/mol. The summed E-state index contributed by atoms with van der Waals surface area (Å²) in [4.78, 5) is 23.3. The first-order valence-electron chi connectivity index (χ1n) is 6.20. The highest BCUT2D eigenvalue weighted by molar-refractivity contribution is 9.10. The minimum absolute atomic E-state index is 0.0853. The third-order valence-electron chi connectivity index (χ3n) is 3.09. The molecule has 0 radical (unpaired) electrons. The third-order valence-corrected chi connectivity index (χ3v) is 3.62. The van der Waals surface area contributed by atoms with Crippen LogP contribution in [0.5, 0.6) is 0 Å². The van der Waals surface area contributed by atoms with Crippen LogP contribution in [0.15, 0.2) is 46.9 Å². The number of non-ortho nitro benzene ring substituents is 1. The van der Waals surface area contributed by atoms with E-state index in [1.807, 2.05) is 36.2 Å². The van der Waals surface area contributed by atoms with Crippen molar-refractivity contribution in [3.8, 4) is 0 Å². The summed E-state index contributed by atoms with van der Waals surface area (Å²) in [5.74, 6) is 0. The average Bonchev–Trinajstić information content (AvgIpc) is 2.48. The summed E-state index contributed by atoms with van der Waals surface area (Å²) < 4.78 is 0.998. The molecule has 0 aliphatic heterocycles. The highest BCUT2D eigenvalue weighted by Gasteiger charge is 2.13. The van der Waals surface area contributed by atoms with Gasteiger partial charge < -0.3 is 4.90 Å². The molecule has 0 aromatic heterocycles. The van der Waals surface area contributed by atoms with E-state index in [9.17, 15) is 14.9 Å². The van der Waals surface area contributed by atoms with Gasteiger partial charge in [0.15, 0.2) is 6.29 Å². The number of carbonyl (C=O) groups excluding carboxylic acids is 1. The second kappa shape index (κ2) is 6.49. The largest absolute Gasteiger partial charge is 0.370 e. The molecule has 0 bridgehead atoms. The predicted octanol–water partition coefficient (Wildman–Crippen LogP) is 3.81. The Hall–Kier alpha value is -2.21. The molecule has 0 heterocycles. The lowest BCUT2D eigenvalue weighted by Crippen LogP contribution is -2.18. The van der Waals surface area contributed by atoms with Gasteiger partial charge in [-0.05, 0) is 23.8 Å². The SMILES string of the molecule is CN(Cc1ccc(Br)cc1)c1ccc([N+](=O)[O-])cc1C=O. The lowest BCUT2D eigenvalue weighted by Gasteiger charge is -2.21. The molecule has 2 rings (SSSR count). The molecule has 0 N–H and O–H groups in total. The maximum Gasteiger partial charge on any atom is 0.270 e. The summed E-state index contributed by atoms with van der Waals surface area (Å²) in [5, 5.41) is 10.7. The normalized spacial score (nSPS) is 10.2. The van der Waals surface area contributed by atoms with Gasteiger partial charge in [-0.25, -0.2) is 0 Å². The molecule has 0 aliphatic carbocycles. The van der Waals surface area contributed by atoms with Crippen LogP contribution in [0, 0.1) is 10.1 Å². The van der Waals surface area contributed by atoms with Gasteiger partial charge in [-0.3, -0.25) is 14.9 Å². The van der Waals surface area contributed by atoms with Crippen LogP contribution in [0.2, 0.25) is 0 Å². The Morgan fingerprint density at radius 1 is 1.24 bits per heavy atom. The summed E-state index contributed by atoms with van der Waals surface area (Å²) in [6.45, 7) is 0.603. The summed E-state index contributed by atoms with van der Waals surface area (Å²) in [5.41, 5.74) is 1.97. The zero-order chi connectivity index (χ0) is 15.4. The summed E-state index contributed by atoms with van der Waals surface area (Å²) in [6.07, 6.45) is 0.639. The number of nitrogens with zero attached hydrogens (tertiary/aromatic N) is 2. The van der Waals surface area contributed by atoms with Crippen LogP contribution in [-0.4, -0.2) is 18.3 Å². The van der Waals surface area contributed by atoms with Crippen LogP contribution in [0.3, 0.4) is 0 Å². The molecule has 0 saturated heterocycles. The molecule has 0 fully saturated rings. The zero-order valence-corrected chi connectivity index (χ0v) is 12.9. The number of hydrogen-bond acceptors (Lipinski definition) is 4. The lowest BCUT2D eigenvalue weighted by molar-refractivity contribution is -0.384. The smallest absolute Gasteiger partial charge is 0.270 e. The van der Waals surface area contributed by atoms with Crippen molar-refractivity contribution in [3.63, 3.8) is 0 Å². The second-order valence-electron chi connectivity index (χ2n) is 4.60. The van der Waals surface area contributed by atoms with E-state index in [0.29, 0.717) is 24.1 Å². The highest BCUT2D eigenvalue weighted by atomic mass is 79.9. The number of hydrogen-bond donors (Lipinski definition) is 0. The van der Waals surface area contributed by atoms with Gasteiger partial charge in [0.2, 0.25) is 0 Å². The van der Waals surface area contributed by atoms with Crippen molar-refractivity contribution in [2.75, 3.05) is 11.9 Å². The van der Waals surface area contributed by atoms with E-state index in [4.69, 9.17) is 0 Å². The summed E-state index contributed by atoms with van der Waals surface area (Å²) >= 11 is 3.38. The van der Waals surface area contributed by atoms with Crippen LogP contribution in [0.25, 0.3) is 0 Å². The monoisotopic (exact) mass is 348 g/mol. The molecule has 5 nitrogen and oxygen atoms in total. The highest BCUT2D eigenvalue weighted by Crippen LogP contribution is 2.25. The molecule has 0 aliphatic rings. The molecule has 0 amide bonds. The molecule has 6 heteroatoms. The van der Waals surface area contributed by atoms with Gasteiger partial charge in [-0.1, -0.05) is 28.1 Å². The molecule has 21 heavy (non-hydrogen) atoms. The van der Waals surface area contributed by atoms with Crippen LogP contribution in [-0.2, 0) is 6.54 Å². The Kier molecular flexibility index (Phi) is 4.70. The summed E-state index contributed by atoms with van der Waals surface area (Å²) in [7, 11) is 1.84.